The number of rotatable bonds is 7. The Balaban J connectivity index is 1.62. The highest BCUT2D eigenvalue weighted by Crippen LogP contribution is 2.21. The van der Waals surface area contributed by atoms with Crippen molar-refractivity contribution in [3.8, 4) is 0 Å². The smallest absolute Gasteiger partial charge is 0.335 e. The molecule has 3 rings (SSSR count). The third-order valence-corrected chi connectivity index (χ3v) is 6.16. The van der Waals surface area contributed by atoms with Crippen molar-refractivity contribution in [3.05, 3.63) is 77.9 Å². The number of benzene rings is 3. The van der Waals surface area contributed by atoms with Gasteiger partial charge in [-0.15, -0.1) is 0 Å². The van der Waals surface area contributed by atoms with Gasteiger partial charge in [-0.05, 0) is 40.6 Å². The molecule has 0 unspecified atom stereocenters. The zero-order valence-corrected chi connectivity index (χ0v) is 16.8. The normalized spacial score (nSPS) is 11.8. The number of hydrazone groups is 1. The van der Waals surface area contributed by atoms with E-state index < -0.39 is 28.4 Å². The summed E-state index contributed by atoms with van der Waals surface area (Å²) in [7, 11) is -2.53. The van der Waals surface area contributed by atoms with E-state index in [1.165, 1.54) is 43.6 Å². The third kappa shape index (κ3) is 4.88. The second kappa shape index (κ2) is 8.85. The van der Waals surface area contributed by atoms with E-state index in [0.717, 1.165) is 15.1 Å². The Morgan fingerprint density at radius 1 is 1.03 bits per heavy atom. The molecule has 0 saturated heterocycles. The number of fused-ring (bicyclic) bond motifs is 1. The van der Waals surface area contributed by atoms with E-state index in [4.69, 9.17) is 5.11 Å². The average molecular weight is 425 g/mol. The fourth-order valence-corrected chi connectivity index (χ4v) is 3.88. The van der Waals surface area contributed by atoms with Gasteiger partial charge in [0, 0.05) is 7.05 Å². The van der Waals surface area contributed by atoms with Gasteiger partial charge in [-0.3, -0.25) is 4.79 Å². The van der Waals surface area contributed by atoms with Gasteiger partial charge in [-0.2, -0.15) is 9.41 Å². The van der Waals surface area contributed by atoms with Gasteiger partial charge in [0.05, 0.1) is 23.2 Å². The van der Waals surface area contributed by atoms with Crippen molar-refractivity contribution < 1.29 is 23.1 Å². The summed E-state index contributed by atoms with van der Waals surface area (Å²) in [6.07, 6.45) is 1.33. The summed E-state index contributed by atoms with van der Waals surface area (Å²) in [6, 6.07) is 18.1. The maximum Gasteiger partial charge on any atom is 0.335 e. The number of carbonyl (C=O) groups excluding carboxylic acids is 1. The number of sulfonamides is 1. The van der Waals surface area contributed by atoms with Crippen LogP contribution in [0.5, 0.6) is 0 Å². The molecule has 0 bridgehead atoms. The first-order valence-corrected chi connectivity index (χ1v) is 10.3. The molecule has 2 N–H and O–H groups in total. The first kappa shape index (κ1) is 21.2. The highest BCUT2D eigenvalue weighted by molar-refractivity contribution is 7.89. The SMILES string of the molecule is CN(CC(=O)NN=Cc1ccc(C(=O)O)cc1)S(=O)(=O)c1ccc2ccccc2c1. The molecule has 1 amide bonds. The minimum Gasteiger partial charge on any atom is -0.478 e. The van der Waals surface area contributed by atoms with Crippen LogP contribution in [0.2, 0.25) is 0 Å². The maximum absolute atomic E-state index is 12.8. The van der Waals surface area contributed by atoms with Crippen molar-refractivity contribution in [2.75, 3.05) is 13.6 Å². The monoisotopic (exact) mass is 425 g/mol. The first-order chi connectivity index (χ1) is 14.3. The molecule has 0 fully saturated rings. The fraction of sp³-hybridized carbons (Fsp3) is 0.0952. The maximum atomic E-state index is 12.8. The highest BCUT2D eigenvalue weighted by atomic mass is 32.2. The van der Waals surface area contributed by atoms with Crippen LogP contribution in [-0.4, -0.2) is 49.5 Å². The van der Waals surface area contributed by atoms with Crippen molar-refractivity contribution in [2.24, 2.45) is 5.10 Å². The van der Waals surface area contributed by atoms with Crippen LogP contribution in [0.25, 0.3) is 10.8 Å². The van der Waals surface area contributed by atoms with E-state index in [1.54, 1.807) is 12.1 Å². The number of carboxylic acids is 1. The summed E-state index contributed by atoms with van der Waals surface area (Å²) in [5.74, 6) is -1.65. The van der Waals surface area contributed by atoms with Crippen LogP contribution in [0.4, 0.5) is 0 Å². The van der Waals surface area contributed by atoms with E-state index in [-0.39, 0.29) is 10.5 Å². The number of nitrogens with one attached hydrogen (secondary N) is 1. The fourth-order valence-electron chi connectivity index (χ4n) is 2.72. The van der Waals surface area contributed by atoms with Gasteiger partial charge in [-0.1, -0.05) is 42.5 Å². The third-order valence-electron chi connectivity index (χ3n) is 4.36. The molecule has 30 heavy (non-hydrogen) atoms. The molecule has 0 aliphatic carbocycles. The molecule has 0 saturated carbocycles. The lowest BCUT2D eigenvalue weighted by Crippen LogP contribution is -2.36. The molecule has 0 aliphatic rings. The zero-order chi connectivity index (χ0) is 21.7. The zero-order valence-electron chi connectivity index (χ0n) is 16.0. The molecule has 154 valence electrons. The second-order valence-electron chi connectivity index (χ2n) is 6.49. The largest absolute Gasteiger partial charge is 0.478 e. The Morgan fingerprint density at radius 2 is 1.70 bits per heavy atom. The number of carbonyl (C=O) groups is 2. The van der Waals surface area contributed by atoms with Gasteiger partial charge < -0.3 is 5.11 Å². The van der Waals surface area contributed by atoms with E-state index in [0.29, 0.717) is 5.56 Å². The van der Waals surface area contributed by atoms with Crippen molar-refractivity contribution >= 4 is 38.9 Å². The number of likely N-dealkylation sites (N-methyl/N-ethyl adjacent to an activating group) is 1. The molecular formula is C21H19N3O5S. The summed E-state index contributed by atoms with van der Waals surface area (Å²) in [5, 5.41) is 14.3. The lowest BCUT2D eigenvalue weighted by Gasteiger charge is -2.16. The topological polar surface area (TPSA) is 116 Å². The number of carboxylic acid groups (broad SMARTS) is 1. The summed E-state index contributed by atoms with van der Waals surface area (Å²) in [5.41, 5.74) is 2.98. The number of hydrogen-bond donors (Lipinski definition) is 2. The predicted octanol–water partition coefficient (Wildman–Crippen LogP) is 2.31. The summed E-state index contributed by atoms with van der Waals surface area (Å²) < 4.78 is 26.5. The van der Waals surface area contributed by atoms with Crippen LogP contribution in [-0.2, 0) is 14.8 Å². The number of amides is 1. The lowest BCUT2D eigenvalue weighted by atomic mass is 10.1. The summed E-state index contributed by atoms with van der Waals surface area (Å²) in [4.78, 5) is 23.0. The Kier molecular flexibility index (Phi) is 6.24. The molecule has 8 nitrogen and oxygen atoms in total. The molecule has 0 atom stereocenters. The van der Waals surface area contributed by atoms with Gasteiger partial charge in [0.25, 0.3) is 5.91 Å². The molecule has 0 aromatic heterocycles. The molecular weight excluding hydrogens is 406 g/mol. The first-order valence-electron chi connectivity index (χ1n) is 8.88. The molecule has 0 aliphatic heterocycles. The minimum absolute atomic E-state index is 0.0959. The summed E-state index contributed by atoms with van der Waals surface area (Å²) in [6.45, 7) is -0.412. The predicted molar refractivity (Wildman–Crippen MR) is 113 cm³/mol. The van der Waals surface area contributed by atoms with Gasteiger partial charge in [0.1, 0.15) is 0 Å². The summed E-state index contributed by atoms with van der Waals surface area (Å²) >= 11 is 0. The van der Waals surface area contributed by atoms with Crippen LogP contribution in [0.15, 0.2) is 76.7 Å². The standard InChI is InChI=1S/C21H19N3O5S/c1-24(30(28,29)19-11-10-16-4-2-3-5-18(16)12-19)14-20(25)23-22-13-15-6-8-17(9-7-15)21(26)27/h2-13H,14H2,1H3,(H,23,25)(H,26,27). The highest BCUT2D eigenvalue weighted by Gasteiger charge is 2.23. The average Bonchev–Trinajstić information content (AvgIpc) is 2.73. The molecule has 3 aromatic rings. The van der Waals surface area contributed by atoms with Crippen LogP contribution < -0.4 is 5.43 Å². The van der Waals surface area contributed by atoms with E-state index in [1.807, 2.05) is 24.3 Å². The molecule has 0 spiro atoms. The van der Waals surface area contributed by atoms with Crippen molar-refractivity contribution in [2.45, 2.75) is 4.90 Å². The molecule has 3 aromatic carbocycles. The van der Waals surface area contributed by atoms with Crippen LogP contribution >= 0.6 is 0 Å². The molecule has 9 heteroatoms. The van der Waals surface area contributed by atoms with E-state index >= 15 is 0 Å². The van der Waals surface area contributed by atoms with Gasteiger partial charge in [0.2, 0.25) is 10.0 Å². The Labute approximate surface area is 173 Å². The van der Waals surface area contributed by atoms with Crippen molar-refractivity contribution in [1.82, 2.24) is 9.73 Å². The minimum atomic E-state index is -3.85. The molecule has 0 radical (unpaired) electrons. The van der Waals surface area contributed by atoms with Crippen LogP contribution in [0.1, 0.15) is 15.9 Å². The second-order valence-corrected chi connectivity index (χ2v) is 8.54. The van der Waals surface area contributed by atoms with E-state index in [2.05, 4.69) is 10.5 Å². The Bertz CT molecular complexity index is 1220. The van der Waals surface area contributed by atoms with Gasteiger partial charge >= 0.3 is 5.97 Å². The van der Waals surface area contributed by atoms with Crippen LogP contribution in [0.3, 0.4) is 0 Å². The Hall–Kier alpha value is -3.56. The number of hydrogen-bond acceptors (Lipinski definition) is 5. The van der Waals surface area contributed by atoms with E-state index in [9.17, 15) is 18.0 Å². The van der Waals surface area contributed by atoms with Crippen LogP contribution in [0, 0.1) is 0 Å². The van der Waals surface area contributed by atoms with Crippen molar-refractivity contribution in [1.29, 1.82) is 0 Å². The quantitative estimate of drug-likeness (QED) is 0.445. The van der Waals surface area contributed by atoms with Gasteiger partial charge in [0.15, 0.2) is 0 Å². The lowest BCUT2D eigenvalue weighted by molar-refractivity contribution is -0.121. The number of nitrogens with zero attached hydrogens (tertiary/aromatic N) is 2. The Morgan fingerprint density at radius 3 is 2.37 bits per heavy atom. The molecule has 0 heterocycles. The van der Waals surface area contributed by atoms with Gasteiger partial charge in [-0.25, -0.2) is 18.6 Å². The number of aromatic carboxylic acids is 1. The van der Waals surface area contributed by atoms with Crippen molar-refractivity contribution in [3.63, 3.8) is 0 Å².